The molecule has 3 heteroatoms. The zero-order valence-corrected chi connectivity index (χ0v) is 15.5. The lowest BCUT2D eigenvalue weighted by molar-refractivity contribution is 0.425. The van der Waals surface area contributed by atoms with Crippen molar-refractivity contribution in [3.05, 3.63) is 119 Å². The van der Waals surface area contributed by atoms with Crippen LogP contribution < -0.4 is 10.4 Å². The highest BCUT2D eigenvalue weighted by Gasteiger charge is 2.16. The molecule has 28 heavy (non-hydrogen) atoms. The van der Waals surface area contributed by atoms with Gasteiger partial charge in [-0.1, -0.05) is 91.5 Å². The molecule has 0 fully saturated rings. The van der Waals surface area contributed by atoms with Gasteiger partial charge in [0.25, 0.3) is 0 Å². The molecule has 0 bridgehead atoms. The van der Waals surface area contributed by atoms with Crippen LogP contribution in [0.25, 0.3) is 21.8 Å². The van der Waals surface area contributed by atoms with E-state index in [2.05, 4.69) is 36.9 Å². The van der Waals surface area contributed by atoms with Crippen LogP contribution in [0, 0.1) is 0 Å². The topological polar surface area (TPSA) is 40.5 Å². The Morgan fingerprint density at radius 2 is 1.50 bits per heavy atom. The summed E-state index contributed by atoms with van der Waals surface area (Å²) >= 11 is 0. The molecule has 0 saturated heterocycles. The van der Waals surface area contributed by atoms with E-state index < -0.39 is 7.12 Å². The average molecular weight is 364 g/mol. The first-order valence-electron chi connectivity index (χ1n) is 9.35. The van der Waals surface area contributed by atoms with Gasteiger partial charge in [0, 0.05) is 0 Å². The lowest BCUT2D eigenvalue weighted by atomic mass is 9.75. The quantitative estimate of drug-likeness (QED) is 0.686. The third-order valence-electron chi connectivity index (χ3n) is 5.10. The van der Waals surface area contributed by atoms with Crippen molar-refractivity contribution in [3.63, 3.8) is 0 Å². The molecular weight excluding hydrogens is 343 g/mol. The summed E-state index contributed by atoms with van der Waals surface area (Å²) in [6, 6.07) is 22.5. The van der Waals surface area contributed by atoms with E-state index in [4.69, 9.17) is 0 Å². The van der Waals surface area contributed by atoms with Gasteiger partial charge < -0.3 is 10.0 Å². The summed E-state index contributed by atoms with van der Waals surface area (Å²) < 4.78 is 0. The van der Waals surface area contributed by atoms with Crippen LogP contribution in [0.1, 0.15) is 12.0 Å². The molecule has 0 atom stereocenters. The zero-order chi connectivity index (χ0) is 19.5. The Bertz CT molecular complexity index is 1230. The summed E-state index contributed by atoms with van der Waals surface area (Å²) in [4.78, 5) is 0. The first-order valence-corrected chi connectivity index (χ1v) is 9.35. The molecule has 0 aromatic heterocycles. The molecule has 1 aliphatic carbocycles. The molecule has 0 spiro atoms. The number of rotatable bonds is 2. The second-order valence-electron chi connectivity index (χ2n) is 6.90. The summed E-state index contributed by atoms with van der Waals surface area (Å²) in [6.45, 7) is 4.30. The van der Waals surface area contributed by atoms with Crippen LogP contribution in [0.15, 0.2) is 103 Å². The van der Waals surface area contributed by atoms with Crippen LogP contribution in [-0.2, 0) is 0 Å². The summed E-state index contributed by atoms with van der Waals surface area (Å²) in [5, 5.41) is 24.1. The van der Waals surface area contributed by atoms with Gasteiger partial charge in [-0.25, -0.2) is 0 Å². The number of hydrogen-bond donors (Lipinski definition) is 2. The SMILES string of the molecule is C=C1/C=C\C=C/C/C(B(O)O)=c2/cccc/c2=C/1c1ccc2ccccc2c1. The monoisotopic (exact) mass is 364 g/mol. The van der Waals surface area contributed by atoms with Crippen LogP contribution in [0.2, 0.25) is 0 Å². The maximum Gasteiger partial charge on any atom is 0.485 e. The predicted octanol–water partition coefficient (Wildman–Crippen LogP) is 3.27. The summed E-state index contributed by atoms with van der Waals surface area (Å²) in [5.74, 6) is 0. The predicted molar refractivity (Wildman–Crippen MR) is 118 cm³/mol. The Balaban J connectivity index is 2.14. The van der Waals surface area contributed by atoms with Crippen molar-refractivity contribution in [3.8, 4) is 0 Å². The third-order valence-corrected chi connectivity index (χ3v) is 5.10. The van der Waals surface area contributed by atoms with E-state index in [0.29, 0.717) is 11.9 Å². The van der Waals surface area contributed by atoms with Crippen LogP contribution in [0.5, 0.6) is 0 Å². The summed E-state index contributed by atoms with van der Waals surface area (Å²) in [6.07, 6.45) is 8.25. The fourth-order valence-electron chi connectivity index (χ4n) is 3.72. The van der Waals surface area contributed by atoms with Gasteiger partial charge in [0.1, 0.15) is 0 Å². The standard InChI is InChI=1S/C25H21BO2/c1-18-9-3-2-4-14-24(26(27)28)22-12-7-8-13-23(22)25(18)21-16-15-19-10-5-6-11-20(19)17-21/h2-13,15-17,27-28H,1,14H2/b4-2-,9-3-,24-22+,25-23+. The highest BCUT2D eigenvalue weighted by molar-refractivity contribution is 6.63. The fraction of sp³-hybridized carbons (Fsp3) is 0.0400. The Morgan fingerprint density at radius 1 is 0.786 bits per heavy atom. The number of fused-ring (bicyclic) bond motifs is 2. The molecule has 136 valence electrons. The lowest BCUT2D eigenvalue weighted by Gasteiger charge is -2.13. The minimum Gasteiger partial charge on any atom is -0.423 e. The molecule has 0 aliphatic heterocycles. The van der Waals surface area contributed by atoms with Crippen molar-refractivity contribution >= 4 is 28.9 Å². The second-order valence-corrected chi connectivity index (χ2v) is 6.90. The third kappa shape index (κ3) is 3.50. The molecule has 2 nitrogen and oxygen atoms in total. The Morgan fingerprint density at radius 3 is 2.29 bits per heavy atom. The molecule has 0 radical (unpaired) electrons. The molecule has 3 aromatic rings. The van der Waals surface area contributed by atoms with Gasteiger partial charge in [0.15, 0.2) is 0 Å². The molecule has 0 unspecified atom stereocenters. The number of allylic oxidation sites excluding steroid dienone is 5. The van der Waals surface area contributed by atoms with Gasteiger partial charge in [-0.05, 0) is 55.9 Å². The van der Waals surface area contributed by atoms with Crippen LogP contribution in [0.3, 0.4) is 0 Å². The van der Waals surface area contributed by atoms with Gasteiger partial charge in [-0.3, -0.25) is 0 Å². The van der Waals surface area contributed by atoms with Crippen molar-refractivity contribution in [1.29, 1.82) is 0 Å². The van der Waals surface area contributed by atoms with E-state index in [1.54, 1.807) is 0 Å². The smallest absolute Gasteiger partial charge is 0.423 e. The highest BCUT2D eigenvalue weighted by Crippen LogP contribution is 2.24. The first kappa shape index (κ1) is 18.2. The van der Waals surface area contributed by atoms with Crippen molar-refractivity contribution in [2.45, 2.75) is 6.42 Å². The van der Waals surface area contributed by atoms with E-state index >= 15 is 0 Å². The first-order chi connectivity index (χ1) is 13.6. The average Bonchev–Trinajstić information content (AvgIpc) is 2.71. The minimum absolute atomic E-state index is 0.469. The summed E-state index contributed by atoms with van der Waals surface area (Å²) in [7, 11) is -1.51. The van der Waals surface area contributed by atoms with E-state index in [9.17, 15) is 10.0 Å². The van der Waals surface area contributed by atoms with E-state index in [-0.39, 0.29) is 0 Å². The maximum absolute atomic E-state index is 10.0. The van der Waals surface area contributed by atoms with Crippen molar-refractivity contribution < 1.29 is 10.0 Å². The van der Waals surface area contributed by atoms with Gasteiger partial charge in [-0.2, -0.15) is 0 Å². The van der Waals surface area contributed by atoms with E-state index in [0.717, 1.165) is 32.5 Å². The summed E-state index contributed by atoms with van der Waals surface area (Å²) in [5.41, 5.74) is 3.50. The van der Waals surface area contributed by atoms with Gasteiger partial charge >= 0.3 is 7.12 Å². The Kier molecular flexibility index (Phi) is 5.11. The van der Waals surface area contributed by atoms with Crippen molar-refractivity contribution in [1.82, 2.24) is 0 Å². The largest absolute Gasteiger partial charge is 0.485 e. The lowest BCUT2D eigenvalue weighted by Crippen LogP contribution is -2.34. The van der Waals surface area contributed by atoms with Crippen LogP contribution in [0.4, 0.5) is 0 Å². The van der Waals surface area contributed by atoms with Crippen LogP contribution >= 0.6 is 0 Å². The normalized spacial score (nSPS) is 20.4. The zero-order valence-electron chi connectivity index (χ0n) is 15.5. The molecule has 0 saturated carbocycles. The number of benzene rings is 3. The molecule has 2 N–H and O–H groups in total. The second kappa shape index (κ2) is 7.85. The van der Waals surface area contributed by atoms with Gasteiger partial charge in [-0.15, -0.1) is 0 Å². The maximum atomic E-state index is 10.0. The van der Waals surface area contributed by atoms with E-state index in [1.165, 1.54) is 5.39 Å². The number of hydrogen-bond acceptors (Lipinski definition) is 2. The fourth-order valence-corrected chi connectivity index (χ4v) is 3.72. The minimum atomic E-state index is -1.51. The van der Waals surface area contributed by atoms with E-state index in [1.807, 2.05) is 60.7 Å². The molecule has 4 rings (SSSR count). The Hall–Kier alpha value is -3.14. The molecule has 1 aliphatic rings. The molecule has 3 aromatic carbocycles. The highest BCUT2D eigenvalue weighted by atomic mass is 16.4. The molecule has 0 amide bonds. The molecule has 0 heterocycles. The van der Waals surface area contributed by atoms with Crippen LogP contribution in [-0.4, -0.2) is 17.2 Å². The van der Waals surface area contributed by atoms with Crippen molar-refractivity contribution in [2.75, 3.05) is 0 Å². The Labute approximate surface area is 164 Å². The van der Waals surface area contributed by atoms with Crippen molar-refractivity contribution in [2.24, 2.45) is 0 Å². The van der Waals surface area contributed by atoms with Gasteiger partial charge in [0.05, 0.1) is 0 Å². The molecular formula is C25H21BO2. The van der Waals surface area contributed by atoms with Gasteiger partial charge in [0.2, 0.25) is 0 Å².